The highest BCUT2D eigenvalue weighted by atomic mass is 32.2. The van der Waals surface area contributed by atoms with Crippen molar-refractivity contribution in [3.05, 3.63) is 12.2 Å². The maximum Gasteiger partial charge on any atom is 0.330 e. The highest BCUT2D eigenvalue weighted by Crippen LogP contribution is 1.94. The fourth-order valence-electron chi connectivity index (χ4n) is 0.552. The van der Waals surface area contributed by atoms with Gasteiger partial charge in [-0.3, -0.25) is 8.74 Å². The average molecular weight is 208 g/mol. The van der Waals surface area contributed by atoms with Gasteiger partial charge < -0.3 is 4.74 Å². The predicted molar refractivity (Wildman–Crippen MR) is 47.1 cm³/mol. The molecule has 2 unspecified atom stereocenters. The molecule has 0 heterocycles. The maximum atomic E-state index is 10.7. The minimum Gasteiger partial charge on any atom is -0.460 e. The molecule has 5 nitrogen and oxygen atoms in total. The highest BCUT2D eigenvalue weighted by molar-refractivity contribution is 7.74. The number of ether oxygens (including phenoxy) is 1. The van der Waals surface area contributed by atoms with Gasteiger partial charge in [0.05, 0.1) is 0 Å². The molecule has 0 aromatic heterocycles. The van der Waals surface area contributed by atoms with Gasteiger partial charge in [0.1, 0.15) is 12.7 Å². The summed E-state index contributed by atoms with van der Waals surface area (Å²) >= 11 is -2.32. The standard InChI is InChI=1S/C7H12O5S/c1-3-4-7(8)11-5-6(2)12-13(9)10/h3-4,6H,5H2,1-2H3,(H,9,10). The monoisotopic (exact) mass is 208 g/mol. The van der Waals surface area contributed by atoms with Crippen molar-refractivity contribution in [3.8, 4) is 0 Å². The molecule has 1 N–H and O–H groups in total. The summed E-state index contributed by atoms with van der Waals surface area (Å²) in [5.41, 5.74) is 0. The molecule has 0 bridgehead atoms. The SMILES string of the molecule is CC=CC(=O)OCC(C)OS(=O)O. The van der Waals surface area contributed by atoms with Crippen LogP contribution in [-0.4, -0.2) is 27.4 Å². The molecule has 2 atom stereocenters. The molecule has 6 heteroatoms. The molecule has 0 aromatic rings. The third kappa shape index (κ3) is 7.63. The van der Waals surface area contributed by atoms with Gasteiger partial charge in [-0.2, -0.15) is 4.21 Å². The summed E-state index contributed by atoms with van der Waals surface area (Å²) in [4.78, 5) is 10.7. The highest BCUT2D eigenvalue weighted by Gasteiger charge is 2.07. The van der Waals surface area contributed by atoms with E-state index in [0.717, 1.165) is 0 Å². The molecule has 0 fully saturated rings. The molecule has 0 amide bonds. The molecular weight excluding hydrogens is 196 g/mol. The summed E-state index contributed by atoms with van der Waals surface area (Å²) in [7, 11) is 0. The maximum absolute atomic E-state index is 10.7. The number of allylic oxidation sites excluding steroid dienone is 1. The van der Waals surface area contributed by atoms with Crippen molar-refractivity contribution in [2.45, 2.75) is 20.0 Å². The summed E-state index contributed by atoms with van der Waals surface area (Å²) in [6, 6.07) is 0. The van der Waals surface area contributed by atoms with E-state index < -0.39 is 23.4 Å². The van der Waals surface area contributed by atoms with Gasteiger partial charge in [-0.25, -0.2) is 4.79 Å². The fourth-order valence-corrected chi connectivity index (χ4v) is 0.889. The topological polar surface area (TPSA) is 72.8 Å². The van der Waals surface area contributed by atoms with E-state index in [9.17, 15) is 9.00 Å². The van der Waals surface area contributed by atoms with Gasteiger partial charge in [-0.1, -0.05) is 6.08 Å². The molecule has 0 saturated heterocycles. The summed E-state index contributed by atoms with van der Waals surface area (Å²) in [6.45, 7) is 3.16. The number of esters is 1. The normalized spacial score (nSPS) is 15.6. The Morgan fingerprint density at radius 1 is 1.69 bits per heavy atom. The molecule has 0 saturated carbocycles. The Morgan fingerprint density at radius 3 is 2.77 bits per heavy atom. The van der Waals surface area contributed by atoms with Gasteiger partial charge >= 0.3 is 17.3 Å². The molecule has 0 aromatic carbocycles. The van der Waals surface area contributed by atoms with Crippen molar-refractivity contribution in [2.24, 2.45) is 0 Å². The van der Waals surface area contributed by atoms with Crippen LogP contribution in [0, 0.1) is 0 Å². The van der Waals surface area contributed by atoms with E-state index >= 15 is 0 Å². The quantitative estimate of drug-likeness (QED) is 0.408. The van der Waals surface area contributed by atoms with Crippen molar-refractivity contribution >= 4 is 17.3 Å². The van der Waals surface area contributed by atoms with Crippen LogP contribution in [0.15, 0.2) is 12.2 Å². The molecule has 76 valence electrons. The second-order valence-electron chi connectivity index (χ2n) is 2.25. The van der Waals surface area contributed by atoms with E-state index in [2.05, 4.69) is 8.92 Å². The third-order valence-electron chi connectivity index (χ3n) is 1.01. The zero-order chi connectivity index (χ0) is 10.3. The first kappa shape index (κ1) is 12.3. The van der Waals surface area contributed by atoms with Crippen LogP contribution < -0.4 is 0 Å². The van der Waals surface area contributed by atoms with E-state index in [1.165, 1.54) is 19.1 Å². The van der Waals surface area contributed by atoms with Crippen LogP contribution in [-0.2, 0) is 25.1 Å². The molecule has 0 rings (SSSR count). The molecule has 13 heavy (non-hydrogen) atoms. The van der Waals surface area contributed by atoms with Crippen LogP contribution in [0.2, 0.25) is 0 Å². The Labute approximate surface area is 79.2 Å². The van der Waals surface area contributed by atoms with Crippen LogP contribution in [0.4, 0.5) is 0 Å². The molecule has 0 radical (unpaired) electrons. The van der Waals surface area contributed by atoms with Crippen molar-refractivity contribution < 1.29 is 22.5 Å². The van der Waals surface area contributed by atoms with Crippen LogP contribution in [0.25, 0.3) is 0 Å². The second kappa shape index (κ2) is 6.76. The number of carbonyl (C=O) groups is 1. The summed E-state index contributed by atoms with van der Waals surface area (Å²) in [5.74, 6) is -0.498. The zero-order valence-electron chi connectivity index (χ0n) is 7.43. The first-order valence-electron chi connectivity index (χ1n) is 3.63. The predicted octanol–water partition coefficient (Wildman–Crippen LogP) is 0.648. The lowest BCUT2D eigenvalue weighted by atomic mass is 10.4. The number of hydrogen-bond donors (Lipinski definition) is 1. The lowest BCUT2D eigenvalue weighted by Gasteiger charge is -2.08. The lowest BCUT2D eigenvalue weighted by Crippen LogP contribution is -2.19. The van der Waals surface area contributed by atoms with Crippen molar-refractivity contribution in [3.63, 3.8) is 0 Å². The molecule has 0 aliphatic rings. The van der Waals surface area contributed by atoms with Gasteiger partial charge in [-0.15, -0.1) is 0 Å². The second-order valence-corrected chi connectivity index (χ2v) is 2.88. The van der Waals surface area contributed by atoms with Crippen LogP contribution in [0.1, 0.15) is 13.8 Å². The Kier molecular flexibility index (Phi) is 6.38. The summed E-state index contributed by atoms with van der Waals surface area (Å²) in [5, 5.41) is 0. The van der Waals surface area contributed by atoms with E-state index in [4.69, 9.17) is 4.55 Å². The van der Waals surface area contributed by atoms with Crippen LogP contribution in [0.3, 0.4) is 0 Å². The number of hydrogen-bond acceptors (Lipinski definition) is 4. The van der Waals surface area contributed by atoms with E-state index in [-0.39, 0.29) is 6.61 Å². The van der Waals surface area contributed by atoms with Crippen LogP contribution >= 0.6 is 0 Å². The smallest absolute Gasteiger partial charge is 0.330 e. The van der Waals surface area contributed by atoms with Gasteiger partial charge in [0.25, 0.3) is 0 Å². The van der Waals surface area contributed by atoms with Crippen molar-refractivity contribution in [1.82, 2.24) is 0 Å². The van der Waals surface area contributed by atoms with E-state index in [1.807, 2.05) is 0 Å². The van der Waals surface area contributed by atoms with Crippen LogP contribution in [0.5, 0.6) is 0 Å². The molecule has 0 spiro atoms. The Bertz CT molecular complexity index is 213. The van der Waals surface area contributed by atoms with Gasteiger partial charge in [0, 0.05) is 6.08 Å². The summed E-state index contributed by atoms with van der Waals surface area (Å²) < 4.78 is 27.5. The van der Waals surface area contributed by atoms with Gasteiger partial charge in [-0.05, 0) is 13.8 Å². The first-order chi connectivity index (χ1) is 6.06. The van der Waals surface area contributed by atoms with E-state index in [0.29, 0.717) is 0 Å². The minimum atomic E-state index is -2.32. The zero-order valence-corrected chi connectivity index (χ0v) is 8.24. The Balaban J connectivity index is 3.63. The Morgan fingerprint density at radius 2 is 2.31 bits per heavy atom. The minimum absolute atomic E-state index is 0.0462. The average Bonchev–Trinajstić information content (AvgIpc) is 2.00. The molecule has 0 aliphatic heterocycles. The molecular formula is C7H12O5S. The van der Waals surface area contributed by atoms with Gasteiger partial charge in [0.2, 0.25) is 0 Å². The molecule has 0 aliphatic carbocycles. The van der Waals surface area contributed by atoms with Crippen molar-refractivity contribution in [1.29, 1.82) is 0 Å². The first-order valence-corrected chi connectivity index (χ1v) is 4.67. The van der Waals surface area contributed by atoms with E-state index in [1.54, 1.807) is 6.92 Å². The number of rotatable bonds is 5. The Hall–Kier alpha value is -0.720. The fraction of sp³-hybridized carbons (Fsp3) is 0.571. The third-order valence-corrected chi connectivity index (χ3v) is 1.50. The van der Waals surface area contributed by atoms with Crippen molar-refractivity contribution in [2.75, 3.05) is 6.61 Å². The lowest BCUT2D eigenvalue weighted by molar-refractivity contribution is -0.139. The number of carbonyl (C=O) groups excluding carboxylic acids is 1. The van der Waals surface area contributed by atoms with Gasteiger partial charge in [0.15, 0.2) is 0 Å². The summed E-state index contributed by atoms with van der Waals surface area (Å²) in [6.07, 6.45) is 2.20. The largest absolute Gasteiger partial charge is 0.460 e.